The molecule has 8 heteroatoms. The average Bonchev–Trinajstić information content (AvgIpc) is 2.83. The van der Waals surface area contributed by atoms with Gasteiger partial charge in [-0.25, -0.2) is 4.79 Å². The number of nitrogens with one attached hydrogen (secondary N) is 2. The molecule has 0 spiro atoms. The normalized spacial score (nSPS) is 13.1. The van der Waals surface area contributed by atoms with Gasteiger partial charge in [0.1, 0.15) is 23.4 Å². The fraction of sp³-hybridized carbons (Fsp3) is 0.710. The molecule has 2 unspecified atom stereocenters. The third-order valence-corrected chi connectivity index (χ3v) is 6.41. The summed E-state index contributed by atoms with van der Waals surface area (Å²) in [7, 11) is 0. The number of nitrogens with zero attached hydrogens (tertiary/aromatic N) is 1. The summed E-state index contributed by atoms with van der Waals surface area (Å²) in [5, 5.41) is 16.0. The predicted molar refractivity (Wildman–Crippen MR) is 157 cm³/mol. The van der Waals surface area contributed by atoms with Gasteiger partial charge in [-0.1, -0.05) is 65.9 Å². The Morgan fingerprint density at radius 2 is 1.64 bits per heavy atom. The van der Waals surface area contributed by atoms with E-state index < -0.39 is 23.8 Å². The Balaban J connectivity index is 3.48. The van der Waals surface area contributed by atoms with Gasteiger partial charge >= 0.3 is 6.09 Å². The quantitative estimate of drug-likeness (QED) is 0.208. The molecule has 0 saturated heterocycles. The topological polar surface area (TPSA) is 108 Å². The summed E-state index contributed by atoms with van der Waals surface area (Å²) < 4.78 is 5.46. The molecule has 8 nitrogen and oxygen atoms in total. The van der Waals surface area contributed by atoms with E-state index in [0.717, 1.165) is 44.9 Å². The molecule has 1 aromatic carbocycles. The van der Waals surface area contributed by atoms with E-state index in [1.165, 1.54) is 0 Å². The molecule has 222 valence electrons. The second kappa shape index (κ2) is 17.0. The van der Waals surface area contributed by atoms with Crippen LogP contribution in [0.2, 0.25) is 0 Å². The molecule has 0 heterocycles. The van der Waals surface area contributed by atoms with Gasteiger partial charge in [0.25, 0.3) is 0 Å². The van der Waals surface area contributed by atoms with E-state index in [1.807, 2.05) is 13.8 Å². The molecule has 0 saturated carbocycles. The van der Waals surface area contributed by atoms with Crippen LogP contribution in [0.3, 0.4) is 0 Å². The molecule has 3 amide bonds. The van der Waals surface area contributed by atoms with Crippen molar-refractivity contribution in [1.82, 2.24) is 15.5 Å². The molecule has 2 atom stereocenters. The number of phenols is 1. The zero-order valence-electron chi connectivity index (χ0n) is 25.6. The number of rotatable bonds is 16. The second-order valence-corrected chi connectivity index (χ2v) is 11.9. The summed E-state index contributed by atoms with van der Waals surface area (Å²) in [5.74, 6) is -0.329. The fourth-order valence-corrected chi connectivity index (χ4v) is 4.42. The molecule has 0 aliphatic rings. The van der Waals surface area contributed by atoms with E-state index in [2.05, 4.69) is 24.5 Å². The van der Waals surface area contributed by atoms with Crippen LogP contribution in [0.5, 0.6) is 5.75 Å². The van der Waals surface area contributed by atoms with Gasteiger partial charge < -0.3 is 25.4 Å². The largest absolute Gasteiger partial charge is 0.508 e. The van der Waals surface area contributed by atoms with Crippen LogP contribution in [0.1, 0.15) is 117 Å². The van der Waals surface area contributed by atoms with Crippen LogP contribution < -0.4 is 10.6 Å². The van der Waals surface area contributed by atoms with Crippen molar-refractivity contribution in [3.63, 3.8) is 0 Å². The van der Waals surface area contributed by atoms with Crippen LogP contribution in [0.4, 0.5) is 4.79 Å². The number of ether oxygens (including phenoxy) is 1. The molecule has 0 bridgehead atoms. The van der Waals surface area contributed by atoms with Gasteiger partial charge in [0, 0.05) is 13.1 Å². The number of alkyl carbamates (subject to hydrolysis) is 1. The number of phenolic OH excluding ortho intramolecular Hbond substituents is 1. The molecule has 0 aromatic heterocycles. The number of carbonyl (C=O) groups excluding carboxylic acids is 3. The van der Waals surface area contributed by atoms with Crippen LogP contribution in [-0.4, -0.2) is 52.6 Å². The van der Waals surface area contributed by atoms with Crippen molar-refractivity contribution in [3.8, 4) is 5.75 Å². The number of aromatic hydroxyl groups is 1. The number of hydrogen-bond donors (Lipinski definition) is 3. The van der Waals surface area contributed by atoms with Crippen LogP contribution in [-0.2, 0) is 14.3 Å². The monoisotopic (exact) mass is 547 g/mol. The first-order chi connectivity index (χ1) is 18.3. The number of carbonyl (C=O) groups is 3. The van der Waals surface area contributed by atoms with Gasteiger partial charge in [0.05, 0.1) is 0 Å². The van der Waals surface area contributed by atoms with Crippen molar-refractivity contribution in [1.29, 1.82) is 0 Å². The summed E-state index contributed by atoms with van der Waals surface area (Å²) in [4.78, 5) is 42.3. The minimum absolute atomic E-state index is 0.119. The zero-order chi connectivity index (χ0) is 29.6. The summed E-state index contributed by atoms with van der Waals surface area (Å²) in [6.07, 6.45) is 6.36. The van der Waals surface area contributed by atoms with E-state index in [9.17, 15) is 19.5 Å². The van der Waals surface area contributed by atoms with Crippen molar-refractivity contribution < 1.29 is 24.2 Å². The third kappa shape index (κ3) is 12.8. The van der Waals surface area contributed by atoms with Crippen molar-refractivity contribution in [2.45, 2.75) is 124 Å². The number of unbranched alkanes of at least 4 members (excludes halogenated alkanes) is 5. The lowest BCUT2D eigenvalue weighted by Gasteiger charge is -2.35. The molecule has 3 N–H and O–H groups in total. The first-order valence-corrected chi connectivity index (χ1v) is 14.7. The summed E-state index contributed by atoms with van der Waals surface area (Å²) >= 11 is 0. The Kier molecular flexibility index (Phi) is 15.0. The van der Waals surface area contributed by atoms with Crippen molar-refractivity contribution in [2.75, 3.05) is 13.1 Å². The first-order valence-electron chi connectivity index (χ1n) is 14.7. The Morgan fingerprint density at radius 1 is 1.00 bits per heavy atom. The maximum Gasteiger partial charge on any atom is 0.408 e. The van der Waals surface area contributed by atoms with Crippen molar-refractivity contribution in [2.24, 2.45) is 5.92 Å². The Hall–Kier alpha value is -2.77. The number of aryl methyl sites for hydroxylation is 1. The standard InChI is InChI=1S/C31H53N3O5/c1-9-11-13-15-19-34(29(37)25(20-22(3)4)33-30(38)39-31(6,7)8)27(28(36)32-18-14-12-10-2)24-16-17-26(35)23(5)21-24/h16-17,21-22,25,27,35H,9-15,18-20H2,1-8H3,(H,32,36)(H,33,38). The lowest BCUT2D eigenvalue weighted by Crippen LogP contribution is -2.53. The van der Waals surface area contributed by atoms with E-state index in [1.54, 1.807) is 50.8 Å². The van der Waals surface area contributed by atoms with Gasteiger partial charge in [0.15, 0.2) is 0 Å². The van der Waals surface area contributed by atoms with Crippen LogP contribution in [0.15, 0.2) is 18.2 Å². The highest BCUT2D eigenvalue weighted by atomic mass is 16.6. The number of amides is 3. The van der Waals surface area contributed by atoms with Crippen molar-refractivity contribution >= 4 is 17.9 Å². The van der Waals surface area contributed by atoms with Crippen LogP contribution in [0, 0.1) is 12.8 Å². The lowest BCUT2D eigenvalue weighted by atomic mass is 9.97. The van der Waals surface area contributed by atoms with Crippen LogP contribution in [0.25, 0.3) is 0 Å². The highest BCUT2D eigenvalue weighted by molar-refractivity contribution is 5.92. The maximum atomic E-state index is 14.2. The smallest absolute Gasteiger partial charge is 0.408 e. The highest BCUT2D eigenvalue weighted by Gasteiger charge is 2.36. The minimum Gasteiger partial charge on any atom is -0.508 e. The van der Waals surface area contributed by atoms with E-state index in [-0.39, 0.29) is 23.5 Å². The Bertz CT molecular complexity index is 910. The Labute approximate surface area is 236 Å². The van der Waals surface area contributed by atoms with Gasteiger partial charge in [-0.05, 0) is 76.1 Å². The summed E-state index contributed by atoms with van der Waals surface area (Å²) in [6.45, 7) is 16.2. The predicted octanol–water partition coefficient (Wildman–Crippen LogP) is 6.40. The van der Waals surface area contributed by atoms with Gasteiger partial charge in [0.2, 0.25) is 11.8 Å². The third-order valence-electron chi connectivity index (χ3n) is 6.41. The summed E-state index contributed by atoms with van der Waals surface area (Å²) in [5.41, 5.74) is 0.544. The van der Waals surface area contributed by atoms with Gasteiger partial charge in [-0.2, -0.15) is 0 Å². The number of hydrogen-bond acceptors (Lipinski definition) is 5. The van der Waals surface area contributed by atoms with Crippen molar-refractivity contribution in [3.05, 3.63) is 29.3 Å². The minimum atomic E-state index is -0.893. The first kappa shape index (κ1) is 34.3. The van der Waals surface area contributed by atoms with E-state index in [0.29, 0.717) is 30.6 Å². The molecule has 1 aromatic rings. The Morgan fingerprint density at radius 3 is 2.21 bits per heavy atom. The molecule has 1 rings (SSSR count). The molecule has 0 aliphatic heterocycles. The summed E-state index contributed by atoms with van der Waals surface area (Å²) in [6, 6.07) is 3.28. The molecular weight excluding hydrogens is 494 g/mol. The molecule has 39 heavy (non-hydrogen) atoms. The SMILES string of the molecule is CCCCCCN(C(=O)C(CC(C)C)NC(=O)OC(C)(C)C)C(C(=O)NCCCCC)c1ccc(O)c(C)c1. The molecule has 0 fully saturated rings. The zero-order valence-corrected chi connectivity index (χ0v) is 25.6. The van der Waals surface area contributed by atoms with Gasteiger partial charge in [-0.3, -0.25) is 9.59 Å². The van der Waals surface area contributed by atoms with E-state index >= 15 is 0 Å². The lowest BCUT2D eigenvalue weighted by molar-refractivity contribution is -0.143. The molecular formula is C31H53N3O5. The van der Waals surface area contributed by atoms with E-state index in [4.69, 9.17) is 4.74 Å². The average molecular weight is 548 g/mol. The molecule has 0 radical (unpaired) electrons. The fourth-order valence-electron chi connectivity index (χ4n) is 4.42. The van der Waals surface area contributed by atoms with Gasteiger partial charge in [-0.15, -0.1) is 0 Å². The highest BCUT2D eigenvalue weighted by Crippen LogP contribution is 2.28. The molecule has 0 aliphatic carbocycles. The number of benzene rings is 1. The van der Waals surface area contributed by atoms with Crippen LogP contribution >= 0.6 is 0 Å². The second-order valence-electron chi connectivity index (χ2n) is 11.9. The maximum absolute atomic E-state index is 14.2.